The van der Waals surface area contributed by atoms with Crippen LogP contribution in [0.3, 0.4) is 0 Å². The predicted octanol–water partition coefficient (Wildman–Crippen LogP) is 3.14. The van der Waals surface area contributed by atoms with Crippen molar-refractivity contribution in [3.8, 4) is 0 Å². The maximum Gasteiger partial charge on any atom is 0.0931 e. The van der Waals surface area contributed by atoms with Crippen molar-refractivity contribution in [1.82, 2.24) is 5.32 Å². The summed E-state index contributed by atoms with van der Waals surface area (Å²) in [6, 6.07) is 4.26. The van der Waals surface area contributed by atoms with Crippen molar-refractivity contribution in [2.45, 2.75) is 19.0 Å². The molecule has 1 aromatic heterocycles. The zero-order chi connectivity index (χ0) is 11.1. The first kappa shape index (κ1) is 13.3. The number of ether oxygens (including phenoxy) is 1. The third-order valence-corrected chi connectivity index (χ3v) is 3.47. The predicted molar refractivity (Wildman–Crippen MR) is 67.2 cm³/mol. The highest BCUT2D eigenvalue weighted by Crippen LogP contribution is 2.21. The number of rotatable bonds is 7. The molecule has 1 aromatic rings. The van der Waals surface area contributed by atoms with Crippen molar-refractivity contribution < 1.29 is 4.74 Å². The third kappa shape index (κ3) is 5.18. The highest BCUT2D eigenvalue weighted by atomic mass is 35.5. The molecule has 1 unspecified atom stereocenters. The van der Waals surface area contributed by atoms with Gasteiger partial charge < -0.3 is 10.1 Å². The standard InChI is InChI=1S/C10H15Cl2NOS/c1-14-7-8(4-5-11)13-6-9-2-3-10(12)15-9/h2-3,8,13H,4-7H2,1H3. The average molecular weight is 268 g/mol. The van der Waals surface area contributed by atoms with Crippen molar-refractivity contribution in [2.75, 3.05) is 19.6 Å². The Morgan fingerprint density at radius 2 is 2.33 bits per heavy atom. The molecule has 1 N–H and O–H groups in total. The van der Waals surface area contributed by atoms with Crippen molar-refractivity contribution in [3.05, 3.63) is 21.3 Å². The van der Waals surface area contributed by atoms with E-state index in [2.05, 4.69) is 5.32 Å². The lowest BCUT2D eigenvalue weighted by Gasteiger charge is -2.15. The minimum absolute atomic E-state index is 0.313. The van der Waals surface area contributed by atoms with Crippen molar-refractivity contribution >= 4 is 34.5 Å². The number of hydrogen-bond acceptors (Lipinski definition) is 3. The van der Waals surface area contributed by atoms with E-state index in [1.165, 1.54) is 4.88 Å². The molecule has 0 aliphatic carbocycles. The molecule has 0 aromatic carbocycles. The number of thiophene rings is 1. The first-order chi connectivity index (χ1) is 7.26. The van der Waals surface area contributed by atoms with Crippen LogP contribution in [0.25, 0.3) is 0 Å². The summed E-state index contributed by atoms with van der Waals surface area (Å²) in [7, 11) is 1.70. The number of methoxy groups -OCH3 is 1. The molecule has 0 amide bonds. The Hall–Kier alpha value is 0.200. The Labute approximate surface area is 105 Å². The van der Waals surface area contributed by atoms with Crippen molar-refractivity contribution in [2.24, 2.45) is 0 Å². The van der Waals surface area contributed by atoms with E-state index in [9.17, 15) is 0 Å². The molecule has 0 saturated heterocycles. The summed E-state index contributed by atoms with van der Waals surface area (Å²) >= 11 is 13.1. The number of halogens is 2. The number of hydrogen-bond donors (Lipinski definition) is 1. The summed E-state index contributed by atoms with van der Waals surface area (Å²) in [6.07, 6.45) is 0.911. The van der Waals surface area contributed by atoms with E-state index in [-0.39, 0.29) is 0 Å². The van der Waals surface area contributed by atoms with E-state index >= 15 is 0 Å². The molecule has 0 aliphatic heterocycles. The van der Waals surface area contributed by atoms with Gasteiger partial charge >= 0.3 is 0 Å². The van der Waals surface area contributed by atoms with Crippen LogP contribution in [-0.2, 0) is 11.3 Å². The lowest BCUT2D eigenvalue weighted by Crippen LogP contribution is -2.32. The van der Waals surface area contributed by atoms with Gasteiger partial charge in [-0.3, -0.25) is 0 Å². The Kier molecular flexibility index (Phi) is 6.61. The zero-order valence-electron chi connectivity index (χ0n) is 8.63. The molecule has 1 rings (SSSR count). The normalized spacial score (nSPS) is 13.0. The minimum atomic E-state index is 0.313. The fraction of sp³-hybridized carbons (Fsp3) is 0.600. The van der Waals surface area contributed by atoms with E-state index in [0.29, 0.717) is 18.5 Å². The average Bonchev–Trinajstić information content (AvgIpc) is 2.61. The molecule has 1 heterocycles. The van der Waals surface area contributed by atoms with E-state index in [1.807, 2.05) is 12.1 Å². The van der Waals surface area contributed by atoms with Crippen LogP contribution in [0, 0.1) is 0 Å². The fourth-order valence-electron chi connectivity index (χ4n) is 1.27. The van der Waals surface area contributed by atoms with E-state index in [1.54, 1.807) is 18.4 Å². The quantitative estimate of drug-likeness (QED) is 0.767. The van der Waals surface area contributed by atoms with Crippen LogP contribution in [0.5, 0.6) is 0 Å². The van der Waals surface area contributed by atoms with Gasteiger partial charge in [-0.1, -0.05) is 11.6 Å². The van der Waals surface area contributed by atoms with Crippen molar-refractivity contribution in [1.29, 1.82) is 0 Å². The molecule has 0 spiro atoms. The Morgan fingerprint density at radius 3 is 2.87 bits per heavy atom. The third-order valence-electron chi connectivity index (χ3n) is 2.02. The summed E-state index contributed by atoms with van der Waals surface area (Å²) in [5.74, 6) is 0.645. The second kappa shape index (κ2) is 7.47. The van der Waals surface area contributed by atoms with Crippen LogP contribution in [0.1, 0.15) is 11.3 Å². The summed E-state index contributed by atoms with van der Waals surface area (Å²) in [4.78, 5) is 1.23. The molecule has 0 saturated carbocycles. The molecule has 0 bridgehead atoms. The lowest BCUT2D eigenvalue weighted by molar-refractivity contribution is 0.164. The first-order valence-corrected chi connectivity index (χ1v) is 6.51. The molecule has 15 heavy (non-hydrogen) atoms. The first-order valence-electron chi connectivity index (χ1n) is 4.78. The van der Waals surface area contributed by atoms with Gasteiger partial charge in [0.05, 0.1) is 10.9 Å². The molecule has 0 fully saturated rings. The molecular weight excluding hydrogens is 253 g/mol. The highest BCUT2D eigenvalue weighted by molar-refractivity contribution is 7.16. The maximum atomic E-state index is 5.84. The van der Waals surface area contributed by atoms with Gasteiger partial charge in [-0.15, -0.1) is 22.9 Å². The van der Waals surface area contributed by atoms with Gasteiger partial charge in [0.25, 0.3) is 0 Å². The molecular formula is C10H15Cl2NOS. The van der Waals surface area contributed by atoms with Gasteiger partial charge in [0.2, 0.25) is 0 Å². The van der Waals surface area contributed by atoms with Gasteiger partial charge in [0.15, 0.2) is 0 Å². The van der Waals surface area contributed by atoms with E-state index in [0.717, 1.165) is 17.3 Å². The number of alkyl halides is 1. The second-order valence-electron chi connectivity index (χ2n) is 3.22. The zero-order valence-corrected chi connectivity index (χ0v) is 11.0. The monoisotopic (exact) mass is 267 g/mol. The molecule has 5 heteroatoms. The van der Waals surface area contributed by atoms with Crippen LogP contribution in [-0.4, -0.2) is 25.6 Å². The Balaban J connectivity index is 2.32. The van der Waals surface area contributed by atoms with Crippen LogP contribution < -0.4 is 5.32 Å². The number of nitrogens with one attached hydrogen (secondary N) is 1. The smallest absolute Gasteiger partial charge is 0.0931 e. The largest absolute Gasteiger partial charge is 0.383 e. The Morgan fingerprint density at radius 1 is 1.53 bits per heavy atom. The summed E-state index contributed by atoms with van der Waals surface area (Å²) in [5.41, 5.74) is 0. The Bertz CT molecular complexity index is 274. The fourth-order valence-corrected chi connectivity index (χ4v) is 2.57. The van der Waals surface area contributed by atoms with Crippen LogP contribution in [0.2, 0.25) is 4.34 Å². The summed E-state index contributed by atoms with van der Waals surface area (Å²) < 4.78 is 5.93. The highest BCUT2D eigenvalue weighted by Gasteiger charge is 2.07. The minimum Gasteiger partial charge on any atom is -0.383 e. The van der Waals surface area contributed by atoms with Gasteiger partial charge in [0.1, 0.15) is 0 Å². The van der Waals surface area contributed by atoms with Gasteiger partial charge in [-0.25, -0.2) is 0 Å². The van der Waals surface area contributed by atoms with Crippen molar-refractivity contribution in [3.63, 3.8) is 0 Å². The van der Waals surface area contributed by atoms with Crippen LogP contribution >= 0.6 is 34.5 Å². The lowest BCUT2D eigenvalue weighted by atomic mass is 10.2. The van der Waals surface area contributed by atoms with Crippen LogP contribution in [0.15, 0.2) is 12.1 Å². The van der Waals surface area contributed by atoms with Gasteiger partial charge in [0, 0.05) is 30.5 Å². The summed E-state index contributed by atoms with van der Waals surface area (Å²) in [6.45, 7) is 1.51. The molecule has 0 aliphatic rings. The van der Waals surface area contributed by atoms with Gasteiger partial charge in [-0.05, 0) is 18.6 Å². The summed E-state index contributed by atoms with van der Waals surface area (Å²) in [5, 5.41) is 3.39. The van der Waals surface area contributed by atoms with E-state index < -0.39 is 0 Å². The molecule has 86 valence electrons. The SMILES string of the molecule is COCC(CCCl)NCc1ccc(Cl)s1. The van der Waals surface area contributed by atoms with Gasteiger partial charge in [-0.2, -0.15) is 0 Å². The molecule has 2 nitrogen and oxygen atoms in total. The maximum absolute atomic E-state index is 5.84. The second-order valence-corrected chi connectivity index (χ2v) is 5.39. The molecule has 0 radical (unpaired) electrons. The van der Waals surface area contributed by atoms with Crippen LogP contribution in [0.4, 0.5) is 0 Å². The topological polar surface area (TPSA) is 21.3 Å². The molecule has 1 atom stereocenters. The van der Waals surface area contributed by atoms with E-state index in [4.69, 9.17) is 27.9 Å².